The fourth-order valence-corrected chi connectivity index (χ4v) is 2.78. The first-order valence-corrected chi connectivity index (χ1v) is 7.47. The zero-order chi connectivity index (χ0) is 14.7. The van der Waals surface area contributed by atoms with Gasteiger partial charge >= 0.3 is 0 Å². The Hall–Kier alpha value is -1.36. The summed E-state index contributed by atoms with van der Waals surface area (Å²) < 4.78 is 1.74. The lowest BCUT2D eigenvalue weighted by atomic mass is 9.92. The molecule has 0 bridgehead atoms. The van der Waals surface area contributed by atoms with E-state index >= 15 is 0 Å². The maximum atomic E-state index is 12.4. The number of hydrogen-bond acceptors (Lipinski definition) is 4. The number of rotatable bonds is 4. The molecule has 112 valence electrons. The average Bonchev–Trinajstić information content (AvgIpc) is 2.41. The van der Waals surface area contributed by atoms with Crippen molar-refractivity contribution in [3.8, 4) is 0 Å². The van der Waals surface area contributed by atoms with Gasteiger partial charge < -0.3 is 14.6 Å². The second-order valence-electron chi connectivity index (χ2n) is 6.17. The highest BCUT2D eigenvalue weighted by Crippen LogP contribution is 2.22. The minimum absolute atomic E-state index is 0.00306. The SMILES string of the molecule is CC(C)Cn1ccnc(N2CCC(C(C)O)CC2)c1=O. The molecule has 1 saturated heterocycles. The van der Waals surface area contributed by atoms with Crippen LogP contribution in [0.3, 0.4) is 0 Å². The molecule has 1 aliphatic heterocycles. The molecule has 5 heteroatoms. The summed E-state index contributed by atoms with van der Waals surface area (Å²) in [5, 5.41) is 9.63. The van der Waals surface area contributed by atoms with Crippen molar-refractivity contribution in [3.63, 3.8) is 0 Å². The Morgan fingerprint density at radius 3 is 2.55 bits per heavy atom. The first-order valence-electron chi connectivity index (χ1n) is 7.47. The van der Waals surface area contributed by atoms with Gasteiger partial charge in [0.25, 0.3) is 5.56 Å². The fourth-order valence-electron chi connectivity index (χ4n) is 2.78. The molecule has 20 heavy (non-hydrogen) atoms. The summed E-state index contributed by atoms with van der Waals surface area (Å²) in [6, 6.07) is 0. The van der Waals surface area contributed by atoms with Crippen LogP contribution in [0.1, 0.15) is 33.6 Å². The summed E-state index contributed by atoms with van der Waals surface area (Å²) in [4.78, 5) is 18.8. The molecule has 0 spiro atoms. The predicted octanol–water partition coefficient (Wildman–Crippen LogP) is 1.50. The second kappa shape index (κ2) is 6.39. The molecule has 2 heterocycles. The van der Waals surface area contributed by atoms with Crippen molar-refractivity contribution in [2.24, 2.45) is 11.8 Å². The van der Waals surface area contributed by atoms with Crippen LogP contribution >= 0.6 is 0 Å². The van der Waals surface area contributed by atoms with E-state index in [0.717, 1.165) is 32.5 Å². The standard InChI is InChI=1S/C15H25N3O2/c1-11(2)10-18-9-6-16-14(15(18)20)17-7-4-13(5-8-17)12(3)19/h6,9,11-13,19H,4-5,7-8,10H2,1-3H3. The predicted molar refractivity (Wildman–Crippen MR) is 80.0 cm³/mol. The molecule has 1 N–H and O–H groups in total. The molecule has 0 aromatic carbocycles. The summed E-state index contributed by atoms with van der Waals surface area (Å²) in [5.41, 5.74) is -0.00306. The molecule has 0 radical (unpaired) electrons. The molecule has 1 atom stereocenters. The van der Waals surface area contributed by atoms with E-state index in [1.54, 1.807) is 17.0 Å². The topological polar surface area (TPSA) is 58.4 Å². The third kappa shape index (κ3) is 3.39. The van der Waals surface area contributed by atoms with Crippen LogP contribution in [-0.4, -0.2) is 33.9 Å². The van der Waals surface area contributed by atoms with E-state index in [0.29, 0.717) is 17.7 Å². The summed E-state index contributed by atoms with van der Waals surface area (Å²) in [6.07, 6.45) is 5.03. The van der Waals surface area contributed by atoms with Crippen molar-refractivity contribution in [2.45, 2.75) is 46.3 Å². The summed E-state index contributed by atoms with van der Waals surface area (Å²) in [7, 11) is 0. The third-order valence-corrected chi connectivity index (χ3v) is 3.98. The summed E-state index contributed by atoms with van der Waals surface area (Å²) >= 11 is 0. The largest absolute Gasteiger partial charge is 0.393 e. The van der Waals surface area contributed by atoms with E-state index in [1.165, 1.54) is 0 Å². The zero-order valence-corrected chi connectivity index (χ0v) is 12.6. The van der Waals surface area contributed by atoms with Crippen molar-refractivity contribution < 1.29 is 5.11 Å². The van der Waals surface area contributed by atoms with Crippen LogP contribution in [0.15, 0.2) is 17.2 Å². The van der Waals surface area contributed by atoms with Crippen molar-refractivity contribution >= 4 is 5.82 Å². The molecule has 1 unspecified atom stereocenters. The highest BCUT2D eigenvalue weighted by atomic mass is 16.3. The van der Waals surface area contributed by atoms with Crippen molar-refractivity contribution in [2.75, 3.05) is 18.0 Å². The van der Waals surface area contributed by atoms with Gasteiger partial charge in [0.05, 0.1) is 6.10 Å². The Kier molecular flexibility index (Phi) is 4.81. The van der Waals surface area contributed by atoms with Crippen LogP contribution in [0.2, 0.25) is 0 Å². The lowest BCUT2D eigenvalue weighted by Crippen LogP contribution is -2.41. The Labute approximate surface area is 120 Å². The molecule has 0 amide bonds. The number of aliphatic hydroxyl groups excluding tert-OH is 1. The van der Waals surface area contributed by atoms with Crippen LogP contribution in [0.25, 0.3) is 0 Å². The molecule has 0 saturated carbocycles. The number of hydrogen-bond donors (Lipinski definition) is 1. The van der Waals surface area contributed by atoms with E-state index < -0.39 is 0 Å². The highest BCUT2D eigenvalue weighted by molar-refractivity contribution is 5.36. The van der Waals surface area contributed by atoms with Crippen molar-refractivity contribution in [1.29, 1.82) is 0 Å². The van der Waals surface area contributed by atoms with E-state index in [2.05, 4.69) is 23.7 Å². The normalized spacial score (nSPS) is 18.6. The maximum absolute atomic E-state index is 12.4. The summed E-state index contributed by atoms with van der Waals surface area (Å²) in [6.45, 7) is 8.35. The number of aromatic nitrogens is 2. The minimum atomic E-state index is -0.265. The molecular weight excluding hydrogens is 254 g/mol. The molecule has 0 aliphatic carbocycles. The van der Waals surface area contributed by atoms with Gasteiger partial charge in [-0.1, -0.05) is 13.8 Å². The number of piperidine rings is 1. The minimum Gasteiger partial charge on any atom is -0.393 e. The quantitative estimate of drug-likeness (QED) is 0.907. The fraction of sp³-hybridized carbons (Fsp3) is 0.733. The Balaban J connectivity index is 2.12. The van der Waals surface area contributed by atoms with Gasteiger partial charge in [-0.3, -0.25) is 4.79 Å². The monoisotopic (exact) mass is 279 g/mol. The van der Waals surface area contributed by atoms with Crippen LogP contribution < -0.4 is 10.5 Å². The Morgan fingerprint density at radius 2 is 2.00 bits per heavy atom. The van der Waals surface area contributed by atoms with Crippen LogP contribution in [0.4, 0.5) is 5.82 Å². The number of nitrogens with zero attached hydrogens (tertiary/aromatic N) is 3. The van der Waals surface area contributed by atoms with Crippen LogP contribution in [0.5, 0.6) is 0 Å². The van der Waals surface area contributed by atoms with Gasteiger partial charge in [-0.05, 0) is 31.6 Å². The second-order valence-corrected chi connectivity index (χ2v) is 6.17. The number of anilines is 1. The van der Waals surface area contributed by atoms with Gasteiger partial charge in [0.15, 0.2) is 5.82 Å². The highest BCUT2D eigenvalue weighted by Gasteiger charge is 2.24. The number of aliphatic hydroxyl groups is 1. The van der Waals surface area contributed by atoms with Crippen LogP contribution in [-0.2, 0) is 6.54 Å². The third-order valence-electron chi connectivity index (χ3n) is 3.98. The lowest BCUT2D eigenvalue weighted by Gasteiger charge is -2.33. The first-order chi connectivity index (χ1) is 9.49. The van der Waals surface area contributed by atoms with Gasteiger partial charge in [0.2, 0.25) is 0 Å². The van der Waals surface area contributed by atoms with Gasteiger partial charge in [-0.25, -0.2) is 4.98 Å². The van der Waals surface area contributed by atoms with E-state index in [9.17, 15) is 9.90 Å². The van der Waals surface area contributed by atoms with Gasteiger partial charge in [-0.15, -0.1) is 0 Å². The average molecular weight is 279 g/mol. The molecule has 1 aliphatic rings. The summed E-state index contributed by atoms with van der Waals surface area (Å²) in [5.74, 6) is 1.33. The lowest BCUT2D eigenvalue weighted by molar-refractivity contribution is 0.109. The molecule has 1 aromatic heterocycles. The van der Waals surface area contributed by atoms with Crippen molar-refractivity contribution in [3.05, 3.63) is 22.7 Å². The van der Waals surface area contributed by atoms with Gasteiger partial charge in [-0.2, -0.15) is 0 Å². The maximum Gasteiger partial charge on any atom is 0.293 e. The van der Waals surface area contributed by atoms with E-state index in [4.69, 9.17) is 0 Å². The molecule has 1 fully saturated rings. The molecular formula is C15H25N3O2. The van der Waals surface area contributed by atoms with E-state index in [-0.39, 0.29) is 11.7 Å². The Bertz CT molecular complexity index is 488. The first kappa shape index (κ1) is 15.0. The van der Waals surface area contributed by atoms with E-state index in [1.807, 2.05) is 6.92 Å². The molecule has 5 nitrogen and oxygen atoms in total. The van der Waals surface area contributed by atoms with Gasteiger partial charge in [0.1, 0.15) is 0 Å². The molecule has 2 rings (SSSR count). The van der Waals surface area contributed by atoms with Crippen LogP contribution in [0, 0.1) is 11.8 Å². The Morgan fingerprint density at radius 1 is 1.35 bits per heavy atom. The smallest absolute Gasteiger partial charge is 0.293 e. The molecule has 1 aromatic rings. The van der Waals surface area contributed by atoms with Crippen molar-refractivity contribution in [1.82, 2.24) is 9.55 Å². The van der Waals surface area contributed by atoms with Gasteiger partial charge in [0, 0.05) is 32.0 Å². The zero-order valence-electron chi connectivity index (χ0n) is 12.6.